The second kappa shape index (κ2) is 13.9. The van der Waals surface area contributed by atoms with E-state index in [0.717, 1.165) is 11.4 Å². The predicted octanol–water partition coefficient (Wildman–Crippen LogP) is 15.7. The van der Waals surface area contributed by atoms with Gasteiger partial charge in [0.2, 0.25) is 0 Å². The topological polar surface area (TPSA) is 9.86 Å². The van der Waals surface area contributed by atoms with Gasteiger partial charge in [-0.05, 0) is 104 Å². The molecule has 60 heavy (non-hydrogen) atoms. The van der Waals surface area contributed by atoms with Crippen LogP contribution >= 0.6 is 0 Å². The van der Waals surface area contributed by atoms with Gasteiger partial charge in [-0.15, -0.1) is 0 Å². The second-order valence-corrected chi connectivity index (χ2v) is 15.7. The van der Waals surface area contributed by atoms with Crippen LogP contribution in [0.1, 0.15) is 0 Å². The van der Waals surface area contributed by atoms with Crippen molar-refractivity contribution in [3.63, 3.8) is 0 Å². The van der Waals surface area contributed by atoms with Crippen LogP contribution in [-0.2, 0) is 0 Å². The van der Waals surface area contributed by atoms with E-state index in [1.54, 1.807) is 0 Å². The number of rotatable bonds is 6. The number of nitrogens with zero attached hydrogens (tertiary/aromatic N) is 2. The van der Waals surface area contributed by atoms with Gasteiger partial charge in [0.15, 0.2) is 0 Å². The second-order valence-electron chi connectivity index (χ2n) is 15.7. The first-order valence-corrected chi connectivity index (χ1v) is 20.7. The molecular formula is C58H38N2. The van der Waals surface area contributed by atoms with Gasteiger partial charge in [0.1, 0.15) is 0 Å². The van der Waals surface area contributed by atoms with Crippen molar-refractivity contribution in [3.05, 3.63) is 231 Å². The van der Waals surface area contributed by atoms with E-state index in [1.807, 2.05) is 0 Å². The van der Waals surface area contributed by atoms with E-state index < -0.39 is 0 Å². The van der Waals surface area contributed by atoms with Gasteiger partial charge in [0.05, 0.1) is 22.1 Å². The summed E-state index contributed by atoms with van der Waals surface area (Å²) in [5.74, 6) is 0. The molecule has 12 aromatic rings. The van der Waals surface area contributed by atoms with Crippen LogP contribution < -0.4 is 0 Å². The largest absolute Gasteiger partial charge is 0.309 e. The molecule has 0 aliphatic rings. The molecule has 10 aromatic carbocycles. The smallest absolute Gasteiger partial charge is 0.0619 e. The fourth-order valence-electron chi connectivity index (χ4n) is 9.49. The van der Waals surface area contributed by atoms with Crippen molar-refractivity contribution >= 4 is 54.4 Å². The minimum absolute atomic E-state index is 1.14. The Morgan fingerprint density at radius 1 is 0.233 bits per heavy atom. The maximum Gasteiger partial charge on any atom is 0.0619 e. The summed E-state index contributed by atoms with van der Waals surface area (Å²) in [4.78, 5) is 0. The minimum atomic E-state index is 1.14. The Morgan fingerprint density at radius 3 is 1.33 bits per heavy atom. The molecular weight excluding hydrogens is 725 g/mol. The van der Waals surface area contributed by atoms with E-state index in [4.69, 9.17) is 0 Å². The van der Waals surface area contributed by atoms with Crippen molar-refractivity contribution in [1.82, 2.24) is 9.13 Å². The molecule has 0 aliphatic carbocycles. The van der Waals surface area contributed by atoms with Gasteiger partial charge < -0.3 is 9.13 Å². The van der Waals surface area contributed by atoms with Gasteiger partial charge >= 0.3 is 0 Å². The van der Waals surface area contributed by atoms with E-state index in [2.05, 4.69) is 240 Å². The van der Waals surface area contributed by atoms with Gasteiger partial charge in [-0.1, -0.05) is 176 Å². The highest BCUT2D eigenvalue weighted by atomic mass is 15.0. The number of fused-ring (bicyclic) bond motifs is 7. The fraction of sp³-hybridized carbons (Fsp3) is 0. The number of para-hydroxylation sites is 2. The summed E-state index contributed by atoms with van der Waals surface area (Å²) in [5.41, 5.74) is 16.8. The average Bonchev–Trinajstić information content (AvgIpc) is 3.84. The molecule has 0 radical (unpaired) electrons. The number of hydrogen-bond donors (Lipinski definition) is 0. The van der Waals surface area contributed by atoms with Crippen LogP contribution in [-0.4, -0.2) is 9.13 Å². The first kappa shape index (κ1) is 34.1. The van der Waals surface area contributed by atoms with Gasteiger partial charge in [0.25, 0.3) is 0 Å². The maximum atomic E-state index is 2.47. The lowest BCUT2D eigenvalue weighted by atomic mass is 9.96. The molecule has 0 bridgehead atoms. The molecule has 0 N–H and O–H groups in total. The quantitative estimate of drug-likeness (QED) is 0.160. The highest BCUT2D eigenvalue weighted by Gasteiger charge is 2.20. The lowest BCUT2D eigenvalue weighted by Gasteiger charge is -2.14. The molecule has 0 aliphatic heterocycles. The van der Waals surface area contributed by atoms with E-state index in [1.165, 1.54) is 98.9 Å². The van der Waals surface area contributed by atoms with Crippen molar-refractivity contribution in [1.29, 1.82) is 0 Å². The van der Waals surface area contributed by atoms with Gasteiger partial charge in [-0.3, -0.25) is 0 Å². The zero-order chi connectivity index (χ0) is 39.6. The first-order valence-electron chi connectivity index (χ1n) is 20.7. The van der Waals surface area contributed by atoms with E-state index in [9.17, 15) is 0 Å². The Balaban J connectivity index is 1.04. The molecule has 2 heteroatoms. The average molecular weight is 763 g/mol. The van der Waals surface area contributed by atoms with E-state index in [0.29, 0.717) is 0 Å². The molecule has 0 saturated heterocycles. The zero-order valence-electron chi connectivity index (χ0n) is 32.8. The lowest BCUT2D eigenvalue weighted by Crippen LogP contribution is -1.96. The van der Waals surface area contributed by atoms with Crippen molar-refractivity contribution in [2.45, 2.75) is 0 Å². The third kappa shape index (κ3) is 5.50. The van der Waals surface area contributed by atoms with E-state index in [-0.39, 0.29) is 0 Å². The highest BCUT2D eigenvalue weighted by Crippen LogP contribution is 2.43. The summed E-state index contributed by atoms with van der Waals surface area (Å²) in [6.07, 6.45) is 0. The normalized spacial score (nSPS) is 11.7. The molecule has 280 valence electrons. The summed E-state index contributed by atoms with van der Waals surface area (Å²) in [7, 11) is 0. The maximum absolute atomic E-state index is 2.47. The molecule has 2 nitrogen and oxygen atoms in total. The summed E-state index contributed by atoms with van der Waals surface area (Å²) in [6.45, 7) is 0. The first-order chi connectivity index (χ1) is 29.8. The molecule has 0 fully saturated rings. The van der Waals surface area contributed by atoms with Crippen LogP contribution in [0.3, 0.4) is 0 Å². The Morgan fingerprint density at radius 2 is 0.667 bits per heavy atom. The van der Waals surface area contributed by atoms with Crippen LogP contribution in [0.25, 0.3) is 110 Å². The zero-order valence-corrected chi connectivity index (χ0v) is 32.8. The Labute approximate surface area is 348 Å². The van der Waals surface area contributed by atoms with Gasteiger partial charge in [0, 0.05) is 38.5 Å². The monoisotopic (exact) mass is 762 g/mol. The molecule has 12 rings (SSSR count). The van der Waals surface area contributed by atoms with Crippen LogP contribution in [0.15, 0.2) is 231 Å². The van der Waals surface area contributed by atoms with Crippen molar-refractivity contribution < 1.29 is 0 Å². The van der Waals surface area contributed by atoms with Crippen LogP contribution in [0.4, 0.5) is 0 Å². The van der Waals surface area contributed by atoms with Gasteiger partial charge in [-0.25, -0.2) is 0 Å². The third-order valence-corrected chi connectivity index (χ3v) is 12.3. The molecule has 0 saturated carbocycles. The van der Waals surface area contributed by atoms with Crippen LogP contribution in [0.5, 0.6) is 0 Å². The molecule has 2 aromatic heterocycles. The SMILES string of the molecule is c1ccc(-c2ccc(-n3c4ccccc4c4cc(-c5ccc6c(c5)c5cccc(-c7cccc8ccccc78)c5n6-c5ccc(-c6ccccc6)cc5)ccc43)cc2)cc1. The number of hydrogen-bond acceptors (Lipinski definition) is 0. The summed E-state index contributed by atoms with van der Waals surface area (Å²) >= 11 is 0. The van der Waals surface area contributed by atoms with Gasteiger partial charge in [-0.2, -0.15) is 0 Å². The Bertz CT molecular complexity index is 3550. The Kier molecular flexibility index (Phi) is 7.89. The molecule has 0 amide bonds. The molecule has 0 unspecified atom stereocenters. The van der Waals surface area contributed by atoms with Crippen LogP contribution in [0.2, 0.25) is 0 Å². The molecule has 0 atom stereocenters. The fourth-order valence-corrected chi connectivity index (χ4v) is 9.49. The third-order valence-electron chi connectivity index (χ3n) is 12.3. The molecule has 2 heterocycles. The van der Waals surface area contributed by atoms with E-state index >= 15 is 0 Å². The minimum Gasteiger partial charge on any atom is -0.309 e. The Hall–Kier alpha value is -7.94. The predicted molar refractivity (Wildman–Crippen MR) is 254 cm³/mol. The highest BCUT2D eigenvalue weighted by molar-refractivity contribution is 6.17. The van der Waals surface area contributed by atoms with Crippen molar-refractivity contribution in [3.8, 4) is 55.9 Å². The van der Waals surface area contributed by atoms with Crippen LogP contribution in [0, 0.1) is 0 Å². The standard InChI is InChI=1S/C58H38N2/c1-3-13-39(14-4-1)41-25-31-46(32-26-41)59-55-24-10-9-20-50(55)53-37-44(29-35-56(53)59)45-30-36-57-54(38-45)52-23-12-22-51(49-21-11-18-43-17-7-8-19-48(43)49)58(52)60(57)47-33-27-42(28-34-47)40-15-5-2-6-16-40/h1-38H. The molecule has 0 spiro atoms. The van der Waals surface area contributed by atoms with Crippen molar-refractivity contribution in [2.24, 2.45) is 0 Å². The van der Waals surface area contributed by atoms with Crippen molar-refractivity contribution in [2.75, 3.05) is 0 Å². The summed E-state index contributed by atoms with van der Waals surface area (Å²) < 4.78 is 4.87. The summed E-state index contributed by atoms with van der Waals surface area (Å²) in [5, 5.41) is 7.46. The summed E-state index contributed by atoms with van der Waals surface area (Å²) in [6, 6.07) is 84.2. The number of benzene rings is 10. The lowest BCUT2D eigenvalue weighted by molar-refractivity contribution is 1.18. The number of aromatic nitrogens is 2.